The van der Waals surface area contributed by atoms with Gasteiger partial charge in [-0.15, -0.1) is 0 Å². The molecule has 0 aliphatic heterocycles. The number of hydrogen-bond donors (Lipinski definition) is 1. The van der Waals surface area contributed by atoms with Gasteiger partial charge in [0.25, 0.3) is 0 Å². The summed E-state index contributed by atoms with van der Waals surface area (Å²) in [5.74, 6) is -0.195. The molecular formula is C14H13FIN. The van der Waals surface area contributed by atoms with Gasteiger partial charge >= 0.3 is 0 Å². The summed E-state index contributed by atoms with van der Waals surface area (Å²) < 4.78 is 14.3. The van der Waals surface area contributed by atoms with Gasteiger partial charge in [-0.2, -0.15) is 0 Å². The van der Waals surface area contributed by atoms with Crippen molar-refractivity contribution in [2.24, 2.45) is 0 Å². The maximum absolute atomic E-state index is 13.1. The molecule has 0 bridgehead atoms. The average molecular weight is 341 g/mol. The lowest BCUT2D eigenvalue weighted by Crippen LogP contribution is -2.07. The van der Waals surface area contributed by atoms with Crippen molar-refractivity contribution >= 4 is 28.3 Å². The Hall–Kier alpha value is -1.10. The first-order chi connectivity index (χ1) is 8.16. The van der Waals surface area contributed by atoms with Gasteiger partial charge in [-0.05, 0) is 59.3 Å². The summed E-state index contributed by atoms with van der Waals surface area (Å²) >= 11 is 2.28. The van der Waals surface area contributed by atoms with Crippen LogP contribution in [-0.4, -0.2) is 0 Å². The van der Waals surface area contributed by atoms with Gasteiger partial charge in [0, 0.05) is 15.3 Å². The van der Waals surface area contributed by atoms with Crippen LogP contribution in [0.3, 0.4) is 0 Å². The molecule has 0 fully saturated rings. The van der Waals surface area contributed by atoms with E-state index in [2.05, 4.69) is 27.9 Å². The summed E-state index contributed by atoms with van der Waals surface area (Å²) in [6.45, 7) is 2.03. The molecule has 0 amide bonds. The summed E-state index contributed by atoms with van der Waals surface area (Å²) in [7, 11) is 0. The zero-order valence-electron chi connectivity index (χ0n) is 9.45. The van der Waals surface area contributed by atoms with Gasteiger partial charge in [0.1, 0.15) is 5.82 Å². The number of halogens is 2. The van der Waals surface area contributed by atoms with Crippen LogP contribution in [0.25, 0.3) is 0 Å². The Kier molecular flexibility index (Phi) is 3.99. The third-order valence-corrected chi connectivity index (χ3v) is 3.54. The minimum atomic E-state index is -0.195. The van der Waals surface area contributed by atoms with E-state index in [1.165, 1.54) is 6.07 Å². The molecule has 0 radical (unpaired) electrons. The minimum absolute atomic E-state index is 0.0848. The van der Waals surface area contributed by atoms with Crippen LogP contribution < -0.4 is 5.32 Å². The Morgan fingerprint density at radius 1 is 1.12 bits per heavy atom. The maximum Gasteiger partial charge on any atom is 0.123 e. The van der Waals surface area contributed by atoms with E-state index in [1.807, 2.05) is 37.3 Å². The van der Waals surface area contributed by atoms with Gasteiger partial charge in [0.15, 0.2) is 0 Å². The maximum atomic E-state index is 13.1. The second-order valence-electron chi connectivity index (χ2n) is 3.90. The lowest BCUT2D eigenvalue weighted by atomic mass is 10.1. The quantitative estimate of drug-likeness (QED) is 0.805. The molecule has 2 aromatic rings. The summed E-state index contributed by atoms with van der Waals surface area (Å²) in [6, 6.07) is 14.8. The van der Waals surface area contributed by atoms with Gasteiger partial charge in [0.2, 0.25) is 0 Å². The van der Waals surface area contributed by atoms with Gasteiger partial charge in [0.05, 0.1) is 0 Å². The topological polar surface area (TPSA) is 12.0 Å². The number of anilines is 1. The number of rotatable bonds is 3. The lowest BCUT2D eigenvalue weighted by Gasteiger charge is -2.16. The van der Waals surface area contributed by atoms with Crippen LogP contribution in [0, 0.1) is 9.39 Å². The second-order valence-corrected chi connectivity index (χ2v) is 5.06. The van der Waals surface area contributed by atoms with E-state index in [1.54, 1.807) is 12.1 Å². The molecule has 0 heterocycles. The molecule has 2 aromatic carbocycles. The molecule has 88 valence electrons. The molecule has 1 N–H and O–H groups in total. The minimum Gasteiger partial charge on any atom is -0.378 e. The van der Waals surface area contributed by atoms with Crippen molar-refractivity contribution in [2.45, 2.75) is 13.0 Å². The van der Waals surface area contributed by atoms with Crippen molar-refractivity contribution in [1.29, 1.82) is 0 Å². The summed E-state index contributed by atoms with van der Waals surface area (Å²) in [4.78, 5) is 0. The summed E-state index contributed by atoms with van der Waals surface area (Å²) in [6.07, 6.45) is 0. The Morgan fingerprint density at radius 3 is 2.59 bits per heavy atom. The molecule has 17 heavy (non-hydrogen) atoms. The molecule has 0 aliphatic carbocycles. The number of hydrogen-bond acceptors (Lipinski definition) is 1. The lowest BCUT2D eigenvalue weighted by molar-refractivity contribution is 0.623. The van der Waals surface area contributed by atoms with E-state index in [-0.39, 0.29) is 11.9 Å². The first-order valence-electron chi connectivity index (χ1n) is 5.43. The first kappa shape index (κ1) is 12.4. The highest BCUT2D eigenvalue weighted by Crippen LogP contribution is 2.23. The van der Waals surface area contributed by atoms with Crippen LogP contribution in [0.5, 0.6) is 0 Å². The highest BCUT2D eigenvalue weighted by Gasteiger charge is 2.07. The van der Waals surface area contributed by atoms with Crippen molar-refractivity contribution in [2.75, 3.05) is 5.32 Å². The molecule has 3 heteroatoms. The number of benzene rings is 2. The predicted molar refractivity (Wildman–Crippen MR) is 77.6 cm³/mol. The van der Waals surface area contributed by atoms with Crippen LogP contribution in [0.2, 0.25) is 0 Å². The van der Waals surface area contributed by atoms with E-state index in [0.717, 1.165) is 14.8 Å². The Balaban J connectivity index is 2.17. The predicted octanol–water partition coefficient (Wildman–Crippen LogP) is 4.60. The molecule has 1 unspecified atom stereocenters. The molecule has 0 aliphatic rings. The smallest absolute Gasteiger partial charge is 0.123 e. The summed E-state index contributed by atoms with van der Waals surface area (Å²) in [5, 5.41) is 3.38. The van der Waals surface area contributed by atoms with Crippen molar-refractivity contribution in [3.8, 4) is 0 Å². The number of para-hydroxylation sites is 1. The van der Waals surface area contributed by atoms with E-state index in [4.69, 9.17) is 0 Å². The van der Waals surface area contributed by atoms with Gasteiger partial charge in [-0.3, -0.25) is 0 Å². The zero-order valence-corrected chi connectivity index (χ0v) is 11.6. The fraction of sp³-hybridized carbons (Fsp3) is 0.143. The third-order valence-electron chi connectivity index (χ3n) is 2.59. The highest BCUT2D eigenvalue weighted by atomic mass is 127. The van der Waals surface area contributed by atoms with Crippen LogP contribution in [0.4, 0.5) is 10.1 Å². The van der Waals surface area contributed by atoms with E-state index in [9.17, 15) is 4.39 Å². The van der Waals surface area contributed by atoms with E-state index >= 15 is 0 Å². The third kappa shape index (κ3) is 3.19. The van der Waals surface area contributed by atoms with E-state index in [0.29, 0.717) is 0 Å². The molecule has 1 nitrogen and oxygen atoms in total. The Morgan fingerprint density at radius 2 is 1.88 bits per heavy atom. The van der Waals surface area contributed by atoms with Crippen LogP contribution >= 0.6 is 22.6 Å². The molecule has 2 rings (SSSR count). The molecule has 1 atom stereocenters. The van der Waals surface area contributed by atoms with E-state index < -0.39 is 0 Å². The molecule has 0 aromatic heterocycles. The zero-order chi connectivity index (χ0) is 12.3. The normalized spacial score (nSPS) is 12.2. The standard InChI is InChI=1S/C14H13FIN/c1-10(11-5-4-6-12(15)9-11)17-14-8-3-2-7-13(14)16/h2-10,17H,1H3. The average Bonchev–Trinajstić information content (AvgIpc) is 2.32. The van der Waals surface area contributed by atoms with Crippen molar-refractivity contribution in [1.82, 2.24) is 0 Å². The van der Waals surface area contributed by atoms with Crippen LogP contribution in [0.1, 0.15) is 18.5 Å². The molecule has 0 saturated heterocycles. The summed E-state index contributed by atoms with van der Waals surface area (Å²) in [5.41, 5.74) is 2.02. The second kappa shape index (κ2) is 5.49. The number of nitrogens with one attached hydrogen (secondary N) is 1. The van der Waals surface area contributed by atoms with Gasteiger partial charge in [-0.1, -0.05) is 24.3 Å². The highest BCUT2D eigenvalue weighted by molar-refractivity contribution is 14.1. The van der Waals surface area contributed by atoms with Gasteiger partial charge in [-0.25, -0.2) is 4.39 Å². The van der Waals surface area contributed by atoms with Crippen LogP contribution in [-0.2, 0) is 0 Å². The SMILES string of the molecule is CC(Nc1ccccc1I)c1cccc(F)c1. The Labute approximate surface area is 114 Å². The fourth-order valence-electron chi connectivity index (χ4n) is 1.67. The van der Waals surface area contributed by atoms with Crippen molar-refractivity contribution < 1.29 is 4.39 Å². The molecular weight excluding hydrogens is 328 g/mol. The first-order valence-corrected chi connectivity index (χ1v) is 6.51. The van der Waals surface area contributed by atoms with Crippen molar-refractivity contribution in [3.63, 3.8) is 0 Å². The largest absolute Gasteiger partial charge is 0.378 e. The molecule has 0 spiro atoms. The Bertz CT molecular complexity index is 513. The van der Waals surface area contributed by atoms with Gasteiger partial charge < -0.3 is 5.32 Å². The molecule has 0 saturated carbocycles. The van der Waals surface area contributed by atoms with Crippen molar-refractivity contribution in [3.05, 3.63) is 63.5 Å². The van der Waals surface area contributed by atoms with Crippen LogP contribution in [0.15, 0.2) is 48.5 Å². The monoisotopic (exact) mass is 341 g/mol. The fourth-order valence-corrected chi connectivity index (χ4v) is 2.21.